The Balaban J connectivity index is 1.11. The highest BCUT2D eigenvalue weighted by Gasteiger charge is 2.36. The smallest absolute Gasteiger partial charge is 0.338 e. The molecule has 8 nitrogen and oxygen atoms in total. The van der Waals surface area contributed by atoms with Crippen LogP contribution in [0.5, 0.6) is 17.2 Å². The molecule has 1 aliphatic heterocycles. The monoisotopic (exact) mass is 703 g/mol. The number of piperidine rings is 1. The van der Waals surface area contributed by atoms with Crippen LogP contribution in [-0.2, 0) is 33.8 Å². The van der Waals surface area contributed by atoms with Crippen LogP contribution < -0.4 is 19.5 Å². The molecule has 3 atom stereocenters. The van der Waals surface area contributed by atoms with Gasteiger partial charge in [0.1, 0.15) is 17.2 Å². The molecule has 1 N–H and O–H groups in total. The molecule has 5 aromatic carbocycles. The number of para-hydroxylation sites is 1. The molecule has 0 radical (unpaired) electrons. The molecule has 52 heavy (non-hydrogen) atoms. The summed E-state index contributed by atoms with van der Waals surface area (Å²) in [6, 6.07) is 36.2. The first-order valence-corrected chi connectivity index (χ1v) is 18.1. The van der Waals surface area contributed by atoms with E-state index < -0.39 is 0 Å². The highest BCUT2D eigenvalue weighted by molar-refractivity contribution is 5.89. The van der Waals surface area contributed by atoms with Gasteiger partial charge < -0.3 is 33.7 Å². The van der Waals surface area contributed by atoms with Crippen molar-refractivity contribution in [3.63, 3.8) is 0 Å². The maximum atomic E-state index is 13.1. The molecule has 0 aromatic heterocycles. The Morgan fingerprint density at radius 2 is 1.54 bits per heavy atom. The van der Waals surface area contributed by atoms with Gasteiger partial charge in [0.05, 0.1) is 58.9 Å². The third-order valence-corrected chi connectivity index (χ3v) is 9.67. The van der Waals surface area contributed by atoms with Crippen LogP contribution in [0.3, 0.4) is 0 Å². The van der Waals surface area contributed by atoms with Crippen LogP contribution in [0.1, 0.15) is 51.9 Å². The Morgan fingerprint density at radius 1 is 0.769 bits per heavy atom. The second kappa shape index (κ2) is 18.6. The molecular weight excluding hydrogens is 654 g/mol. The zero-order valence-corrected chi connectivity index (χ0v) is 30.3. The summed E-state index contributed by atoms with van der Waals surface area (Å²) in [6.07, 6.45) is 1.52. The predicted octanol–water partition coefficient (Wildman–Crippen LogP) is 8.15. The third kappa shape index (κ3) is 9.50. The number of carbonyl (C=O) groups is 1. The highest BCUT2D eigenvalue weighted by Crippen LogP contribution is 2.35. The van der Waals surface area contributed by atoms with Crippen molar-refractivity contribution in [1.29, 1.82) is 0 Å². The summed E-state index contributed by atoms with van der Waals surface area (Å²) in [4.78, 5) is 13.1. The molecule has 6 rings (SSSR count). The van der Waals surface area contributed by atoms with Gasteiger partial charge in [-0.2, -0.15) is 0 Å². The first-order chi connectivity index (χ1) is 25.6. The topological polar surface area (TPSA) is 84.5 Å². The minimum atomic E-state index is -0.316. The van der Waals surface area contributed by atoms with Crippen LogP contribution >= 0.6 is 0 Å². The second-order valence-corrected chi connectivity index (χ2v) is 13.1. The number of fused-ring (bicyclic) bond motifs is 1. The molecule has 0 aliphatic carbocycles. The number of esters is 1. The van der Waals surface area contributed by atoms with Gasteiger partial charge in [0, 0.05) is 42.3 Å². The number of hydrogen-bond donors (Lipinski definition) is 1. The van der Waals surface area contributed by atoms with E-state index >= 15 is 0 Å². The average molecular weight is 704 g/mol. The Bertz CT molecular complexity index is 1870. The van der Waals surface area contributed by atoms with Crippen molar-refractivity contribution < 1.29 is 33.2 Å². The lowest BCUT2D eigenvalue weighted by atomic mass is 9.79. The number of hydrogen-bond acceptors (Lipinski definition) is 8. The van der Waals surface area contributed by atoms with Gasteiger partial charge in [-0.15, -0.1) is 0 Å². The van der Waals surface area contributed by atoms with E-state index in [9.17, 15) is 4.79 Å². The van der Waals surface area contributed by atoms with Gasteiger partial charge in [0.2, 0.25) is 0 Å². The van der Waals surface area contributed by atoms with Gasteiger partial charge in [0.25, 0.3) is 0 Å². The summed E-state index contributed by atoms with van der Waals surface area (Å²) in [5.74, 6) is 2.11. The van der Waals surface area contributed by atoms with Crippen molar-refractivity contribution >= 4 is 16.7 Å². The molecule has 1 aliphatic rings. The molecule has 0 saturated carbocycles. The van der Waals surface area contributed by atoms with Gasteiger partial charge in [-0.05, 0) is 71.0 Å². The SMILES string of the molecule is CCc1ccc(C(=O)OCC2CNCC(OCc3cc(OC)c4ccccc4c3)C2c2ccc(OCCCOCc3ccccc3OC)cc2)cc1. The summed E-state index contributed by atoms with van der Waals surface area (Å²) >= 11 is 0. The van der Waals surface area contributed by atoms with Crippen molar-refractivity contribution in [3.05, 3.63) is 137 Å². The van der Waals surface area contributed by atoms with Gasteiger partial charge in [-0.25, -0.2) is 4.79 Å². The Labute approximate surface area is 307 Å². The molecule has 272 valence electrons. The van der Waals surface area contributed by atoms with Crippen LogP contribution in [0, 0.1) is 5.92 Å². The molecule has 1 heterocycles. The van der Waals surface area contributed by atoms with Crippen LogP contribution in [0.4, 0.5) is 0 Å². The minimum absolute atomic E-state index is 0.00379. The first-order valence-electron chi connectivity index (χ1n) is 18.1. The van der Waals surface area contributed by atoms with E-state index in [1.54, 1.807) is 14.2 Å². The van der Waals surface area contributed by atoms with Crippen molar-refractivity contribution in [2.75, 3.05) is 47.1 Å². The molecule has 1 saturated heterocycles. The second-order valence-electron chi connectivity index (χ2n) is 13.1. The first kappa shape index (κ1) is 36.9. The van der Waals surface area contributed by atoms with Crippen LogP contribution in [0.15, 0.2) is 109 Å². The van der Waals surface area contributed by atoms with E-state index in [-0.39, 0.29) is 30.5 Å². The normalized spacial score (nSPS) is 17.1. The van der Waals surface area contributed by atoms with E-state index in [0.29, 0.717) is 45.1 Å². The maximum Gasteiger partial charge on any atom is 0.338 e. The predicted molar refractivity (Wildman–Crippen MR) is 203 cm³/mol. The number of rotatable bonds is 17. The lowest BCUT2D eigenvalue weighted by Crippen LogP contribution is -2.48. The molecule has 8 heteroatoms. The molecule has 1 fully saturated rings. The minimum Gasteiger partial charge on any atom is -0.496 e. The Morgan fingerprint density at radius 3 is 2.33 bits per heavy atom. The highest BCUT2D eigenvalue weighted by atomic mass is 16.5. The number of aryl methyl sites for hydroxylation is 1. The lowest BCUT2D eigenvalue weighted by Gasteiger charge is -2.38. The summed E-state index contributed by atoms with van der Waals surface area (Å²) < 4.78 is 35.7. The van der Waals surface area contributed by atoms with Gasteiger partial charge in [0.15, 0.2) is 0 Å². The van der Waals surface area contributed by atoms with Crippen LogP contribution in [0.2, 0.25) is 0 Å². The lowest BCUT2D eigenvalue weighted by molar-refractivity contribution is -0.0204. The molecule has 0 bridgehead atoms. The number of benzene rings is 5. The van der Waals surface area contributed by atoms with Crippen LogP contribution in [0.25, 0.3) is 10.8 Å². The summed E-state index contributed by atoms with van der Waals surface area (Å²) in [5.41, 5.74) is 4.92. The fourth-order valence-electron chi connectivity index (χ4n) is 6.85. The van der Waals surface area contributed by atoms with Crippen molar-refractivity contribution in [1.82, 2.24) is 5.32 Å². The van der Waals surface area contributed by atoms with E-state index in [4.69, 9.17) is 28.4 Å². The fourth-order valence-corrected chi connectivity index (χ4v) is 6.85. The third-order valence-electron chi connectivity index (χ3n) is 9.67. The average Bonchev–Trinajstić information content (AvgIpc) is 3.20. The number of methoxy groups -OCH3 is 2. The van der Waals surface area contributed by atoms with E-state index in [1.165, 1.54) is 5.56 Å². The maximum absolute atomic E-state index is 13.1. The van der Waals surface area contributed by atoms with E-state index in [0.717, 1.165) is 57.6 Å². The molecule has 0 spiro atoms. The quantitative estimate of drug-likeness (QED) is 0.0768. The summed E-state index contributed by atoms with van der Waals surface area (Å²) in [7, 11) is 3.37. The van der Waals surface area contributed by atoms with Gasteiger partial charge >= 0.3 is 5.97 Å². The Hall–Kier alpha value is -4.89. The number of carbonyl (C=O) groups excluding carboxylic acids is 1. The largest absolute Gasteiger partial charge is 0.496 e. The van der Waals surface area contributed by atoms with Gasteiger partial charge in [-0.3, -0.25) is 0 Å². The molecular formula is C44H49NO7. The zero-order chi connectivity index (χ0) is 36.1. The molecule has 5 aromatic rings. The number of nitrogens with one attached hydrogen (secondary N) is 1. The standard InChI is InChI=1S/C44H49NO7/c1-4-31-14-16-34(17-15-31)44(46)52-30-37-26-45-27-42(51-28-32-24-35-10-5-7-12-39(35)41(25-32)48-3)43(37)33-18-20-38(21-19-33)50-23-9-22-49-29-36-11-6-8-13-40(36)47-2/h5-8,10-21,24-25,37,42-43,45H,4,9,22-23,26-30H2,1-3H3. The van der Waals surface area contributed by atoms with Gasteiger partial charge in [-0.1, -0.05) is 73.7 Å². The molecule has 3 unspecified atom stereocenters. The van der Waals surface area contributed by atoms with Crippen molar-refractivity contribution in [2.24, 2.45) is 5.92 Å². The fraction of sp³-hybridized carbons (Fsp3) is 0.341. The molecule has 0 amide bonds. The Kier molecular flexibility index (Phi) is 13.2. The zero-order valence-electron chi connectivity index (χ0n) is 30.3. The summed E-state index contributed by atoms with van der Waals surface area (Å²) in [5, 5.41) is 5.71. The summed E-state index contributed by atoms with van der Waals surface area (Å²) in [6.45, 7) is 5.76. The van der Waals surface area contributed by atoms with Crippen LogP contribution in [-0.4, -0.2) is 59.2 Å². The van der Waals surface area contributed by atoms with E-state index in [1.807, 2.05) is 78.9 Å². The van der Waals surface area contributed by atoms with E-state index in [2.05, 4.69) is 42.6 Å². The van der Waals surface area contributed by atoms with Crippen molar-refractivity contribution in [2.45, 2.75) is 45.0 Å². The number of ether oxygens (including phenoxy) is 6. The van der Waals surface area contributed by atoms with Crippen molar-refractivity contribution in [3.8, 4) is 17.2 Å².